The Kier molecular flexibility index (Phi) is 3.74. The topological polar surface area (TPSA) is 68.5 Å². The number of nitrogens with zero attached hydrogens (tertiary/aromatic N) is 2. The highest BCUT2D eigenvalue weighted by Gasteiger charge is 2.23. The Labute approximate surface area is 125 Å². The van der Waals surface area contributed by atoms with Crippen molar-refractivity contribution in [1.82, 2.24) is 4.98 Å². The number of hydrogen-bond donors (Lipinski definition) is 1. The van der Waals surface area contributed by atoms with Crippen LogP contribution in [0.25, 0.3) is 11.3 Å². The molecule has 0 saturated heterocycles. The first-order chi connectivity index (χ1) is 10.2. The van der Waals surface area contributed by atoms with Crippen molar-refractivity contribution in [3.8, 4) is 17.0 Å². The fourth-order valence-electron chi connectivity index (χ4n) is 2.28. The molecule has 0 atom stereocenters. The lowest BCUT2D eigenvalue weighted by Gasteiger charge is -2.21. The lowest BCUT2D eigenvalue weighted by atomic mass is 10.1. The van der Waals surface area contributed by atoms with Gasteiger partial charge >= 0.3 is 0 Å². The van der Waals surface area contributed by atoms with Crippen molar-refractivity contribution < 1.29 is 13.9 Å². The molecule has 1 aliphatic heterocycles. The van der Waals surface area contributed by atoms with Gasteiger partial charge in [-0.25, -0.2) is 9.37 Å². The van der Waals surface area contributed by atoms with Gasteiger partial charge in [0, 0.05) is 10.9 Å². The smallest absolute Gasteiger partial charge is 0.230 e. The van der Waals surface area contributed by atoms with Crippen molar-refractivity contribution in [2.45, 2.75) is 6.42 Å². The Bertz CT molecular complexity index is 674. The highest BCUT2D eigenvalue weighted by atomic mass is 32.1. The fourth-order valence-corrected chi connectivity index (χ4v) is 2.85. The normalized spacial score (nSPS) is 14.5. The number of ether oxygens (including phenoxy) is 1. The molecule has 21 heavy (non-hydrogen) atoms. The number of carbonyl (C=O) groups is 1. The predicted molar refractivity (Wildman–Crippen MR) is 80.4 cm³/mol. The number of aromatic nitrogens is 1. The minimum atomic E-state index is -0.598. The molecule has 0 radical (unpaired) electrons. The number of rotatable bonds is 3. The zero-order valence-electron chi connectivity index (χ0n) is 11.2. The van der Waals surface area contributed by atoms with Gasteiger partial charge in [-0.05, 0) is 18.2 Å². The van der Waals surface area contributed by atoms with Gasteiger partial charge in [0.25, 0.3) is 0 Å². The first-order valence-electron chi connectivity index (χ1n) is 6.53. The van der Waals surface area contributed by atoms with Crippen LogP contribution in [0.15, 0.2) is 23.6 Å². The van der Waals surface area contributed by atoms with Crippen molar-refractivity contribution in [2.24, 2.45) is 0 Å². The van der Waals surface area contributed by atoms with Gasteiger partial charge in [0.2, 0.25) is 5.91 Å². The fraction of sp³-hybridized carbons (Fsp3) is 0.286. The molecule has 1 amide bonds. The third-order valence-electron chi connectivity index (χ3n) is 3.25. The van der Waals surface area contributed by atoms with E-state index in [1.54, 1.807) is 12.1 Å². The van der Waals surface area contributed by atoms with Crippen LogP contribution in [0.1, 0.15) is 6.42 Å². The number of amides is 1. The van der Waals surface area contributed by atoms with Crippen molar-refractivity contribution in [2.75, 3.05) is 30.5 Å². The standard InChI is InChI=1S/C14H14FN3O2S/c15-4-5-18-11-7-9(10-8-21-14(16)17-10)1-2-12(11)20-6-3-13(18)19/h1-2,7-8H,3-6H2,(H2,16,17). The first-order valence-corrected chi connectivity index (χ1v) is 7.41. The molecular weight excluding hydrogens is 293 g/mol. The largest absolute Gasteiger partial charge is 0.491 e. The van der Waals surface area contributed by atoms with Crippen LogP contribution in [0, 0.1) is 0 Å². The number of fused-ring (bicyclic) bond motifs is 1. The summed E-state index contributed by atoms with van der Waals surface area (Å²) in [6.07, 6.45) is 0.244. The molecule has 0 spiro atoms. The molecule has 0 unspecified atom stereocenters. The second-order valence-corrected chi connectivity index (χ2v) is 5.48. The molecule has 0 aliphatic carbocycles. The summed E-state index contributed by atoms with van der Waals surface area (Å²) in [6.45, 7) is -0.269. The quantitative estimate of drug-likeness (QED) is 0.946. The molecule has 7 heteroatoms. The highest BCUT2D eigenvalue weighted by Crippen LogP contribution is 2.36. The van der Waals surface area contributed by atoms with Gasteiger partial charge in [-0.15, -0.1) is 11.3 Å². The molecule has 3 rings (SSSR count). The van der Waals surface area contributed by atoms with E-state index in [4.69, 9.17) is 10.5 Å². The zero-order valence-corrected chi connectivity index (χ0v) is 12.0. The molecular formula is C14H14FN3O2S. The number of alkyl halides is 1. The number of thiazole rings is 1. The predicted octanol–water partition coefficient (Wildman–Crippen LogP) is 2.48. The molecule has 1 aliphatic rings. The summed E-state index contributed by atoms with van der Waals surface area (Å²) in [4.78, 5) is 17.7. The molecule has 0 saturated carbocycles. The van der Waals surface area contributed by atoms with Gasteiger partial charge in [0.15, 0.2) is 5.13 Å². The summed E-state index contributed by atoms with van der Waals surface area (Å²) in [5, 5.41) is 2.32. The van der Waals surface area contributed by atoms with Gasteiger partial charge in [0.1, 0.15) is 12.4 Å². The number of nitrogens with two attached hydrogens (primary N) is 1. The summed E-state index contributed by atoms with van der Waals surface area (Å²) in [6, 6.07) is 5.43. The summed E-state index contributed by atoms with van der Waals surface area (Å²) < 4.78 is 18.3. The zero-order chi connectivity index (χ0) is 14.8. The van der Waals surface area contributed by atoms with Crippen LogP contribution in [-0.4, -0.2) is 30.7 Å². The number of benzene rings is 1. The van der Waals surface area contributed by atoms with Gasteiger partial charge in [-0.1, -0.05) is 0 Å². The highest BCUT2D eigenvalue weighted by molar-refractivity contribution is 7.13. The molecule has 0 fully saturated rings. The van der Waals surface area contributed by atoms with Crippen molar-refractivity contribution in [3.63, 3.8) is 0 Å². The summed E-state index contributed by atoms with van der Waals surface area (Å²) in [5.41, 5.74) is 7.78. The Hall–Kier alpha value is -2.15. The van der Waals surface area contributed by atoms with E-state index in [2.05, 4.69) is 4.98 Å². The van der Waals surface area contributed by atoms with E-state index in [0.717, 1.165) is 11.3 Å². The number of nitrogen functional groups attached to an aromatic ring is 1. The van der Waals surface area contributed by atoms with Crippen molar-refractivity contribution >= 4 is 28.1 Å². The Morgan fingerprint density at radius 2 is 2.33 bits per heavy atom. The second-order valence-electron chi connectivity index (χ2n) is 4.59. The third-order valence-corrected chi connectivity index (χ3v) is 3.92. The van der Waals surface area contributed by atoms with Crippen LogP contribution in [0.3, 0.4) is 0 Å². The number of carbonyl (C=O) groups excluding carboxylic acids is 1. The number of halogens is 1. The van der Waals surface area contributed by atoms with Crippen LogP contribution >= 0.6 is 11.3 Å². The van der Waals surface area contributed by atoms with Gasteiger partial charge in [0.05, 0.1) is 31.0 Å². The Morgan fingerprint density at radius 3 is 3.05 bits per heavy atom. The van der Waals surface area contributed by atoms with Crippen LogP contribution in [-0.2, 0) is 4.79 Å². The summed E-state index contributed by atoms with van der Waals surface area (Å²) >= 11 is 1.35. The van der Waals surface area contributed by atoms with Crippen LogP contribution < -0.4 is 15.4 Å². The van der Waals surface area contributed by atoms with Gasteiger partial charge in [-0.3, -0.25) is 4.79 Å². The van der Waals surface area contributed by atoms with E-state index < -0.39 is 6.67 Å². The monoisotopic (exact) mass is 307 g/mol. The van der Waals surface area contributed by atoms with Gasteiger partial charge < -0.3 is 15.4 Å². The van der Waals surface area contributed by atoms with Crippen LogP contribution in [0.4, 0.5) is 15.2 Å². The Balaban J connectivity index is 2.05. The van der Waals surface area contributed by atoms with E-state index in [-0.39, 0.29) is 18.9 Å². The van der Waals surface area contributed by atoms with E-state index >= 15 is 0 Å². The minimum Gasteiger partial charge on any atom is -0.491 e. The van der Waals surface area contributed by atoms with Crippen molar-refractivity contribution in [1.29, 1.82) is 0 Å². The van der Waals surface area contributed by atoms with E-state index in [1.165, 1.54) is 16.2 Å². The summed E-state index contributed by atoms with van der Waals surface area (Å²) in [7, 11) is 0. The lowest BCUT2D eigenvalue weighted by molar-refractivity contribution is -0.118. The third kappa shape index (κ3) is 2.69. The van der Waals surface area contributed by atoms with Crippen molar-refractivity contribution in [3.05, 3.63) is 23.6 Å². The van der Waals surface area contributed by atoms with Crippen LogP contribution in [0.2, 0.25) is 0 Å². The maximum absolute atomic E-state index is 12.7. The molecule has 2 aromatic rings. The molecule has 1 aromatic carbocycles. The van der Waals surface area contributed by atoms with E-state index in [9.17, 15) is 9.18 Å². The Morgan fingerprint density at radius 1 is 1.48 bits per heavy atom. The molecule has 0 bridgehead atoms. The maximum atomic E-state index is 12.7. The molecule has 2 N–H and O–H groups in total. The second kappa shape index (κ2) is 5.69. The van der Waals surface area contributed by atoms with E-state index in [0.29, 0.717) is 23.2 Å². The molecule has 5 nitrogen and oxygen atoms in total. The molecule has 2 heterocycles. The average molecular weight is 307 g/mol. The molecule has 1 aromatic heterocycles. The maximum Gasteiger partial charge on any atom is 0.230 e. The SMILES string of the molecule is Nc1nc(-c2ccc3c(c2)N(CCF)C(=O)CCO3)cs1. The van der Waals surface area contributed by atoms with E-state index in [1.807, 2.05) is 11.4 Å². The van der Waals surface area contributed by atoms with Crippen LogP contribution in [0.5, 0.6) is 5.75 Å². The minimum absolute atomic E-state index is 0.0256. The number of anilines is 2. The summed E-state index contributed by atoms with van der Waals surface area (Å²) in [5.74, 6) is 0.447. The first kappa shape index (κ1) is 13.8. The molecule has 110 valence electrons. The lowest BCUT2D eigenvalue weighted by Crippen LogP contribution is -2.32. The average Bonchev–Trinajstić information content (AvgIpc) is 2.85. The number of hydrogen-bond acceptors (Lipinski definition) is 5. The van der Waals surface area contributed by atoms with Gasteiger partial charge in [-0.2, -0.15) is 0 Å².